The van der Waals surface area contributed by atoms with Crippen molar-refractivity contribution in [3.8, 4) is 0 Å². The number of primary amides is 1. The number of nitrogens with one attached hydrogen (secondary N) is 2. The molecule has 1 unspecified atom stereocenters. The molecule has 2 heterocycles. The van der Waals surface area contributed by atoms with E-state index in [-0.39, 0.29) is 25.4 Å². The van der Waals surface area contributed by atoms with Crippen LogP contribution >= 0.6 is 11.3 Å². The van der Waals surface area contributed by atoms with Gasteiger partial charge in [0.05, 0.1) is 25.5 Å². The second kappa shape index (κ2) is 7.80. The number of anilines is 1. The lowest BCUT2D eigenvalue weighted by Crippen LogP contribution is -2.16. The number of amides is 2. The minimum absolute atomic E-state index is 0.000657. The molecule has 0 spiro atoms. The number of carbonyl (C=O) groups is 2. The lowest BCUT2D eigenvalue weighted by Gasteiger charge is -2.02. The molecule has 3 aromatic rings. The Morgan fingerprint density at radius 3 is 2.70 bits per heavy atom. The fourth-order valence-corrected chi connectivity index (χ4v) is 4.77. The second-order valence-corrected chi connectivity index (χ2v) is 8.19. The molecule has 1 aromatic carbocycles. The molecular weight excluding hydrogens is 391 g/mol. The third kappa shape index (κ3) is 3.96. The molecule has 2 aromatic heterocycles. The monoisotopic (exact) mass is 406 g/mol. The minimum Gasteiger partial charge on any atom is -0.366 e. The lowest BCUT2D eigenvalue weighted by atomic mass is 10.3. The van der Waals surface area contributed by atoms with E-state index >= 15 is 0 Å². The first-order valence-corrected chi connectivity index (χ1v) is 9.83. The van der Waals surface area contributed by atoms with Crippen LogP contribution in [0.2, 0.25) is 0 Å². The summed E-state index contributed by atoms with van der Waals surface area (Å²) in [4.78, 5) is 24.0. The van der Waals surface area contributed by atoms with Crippen LogP contribution in [0.1, 0.15) is 33.5 Å². The van der Waals surface area contributed by atoms with Crippen LogP contribution in [0.4, 0.5) is 9.39 Å². The van der Waals surface area contributed by atoms with Crippen LogP contribution in [0.3, 0.4) is 0 Å². The normalized spacial score (nSPS) is 11.9. The van der Waals surface area contributed by atoms with Gasteiger partial charge in [0.2, 0.25) is 0 Å². The van der Waals surface area contributed by atoms with Gasteiger partial charge in [-0.2, -0.15) is 5.10 Å². The number of hydrogen-bond donors (Lipinski definition) is 3. The number of rotatable bonds is 6. The number of nitrogens with two attached hydrogens (primary N) is 1. The van der Waals surface area contributed by atoms with Gasteiger partial charge in [0.25, 0.3) is 11.8 Å². The van der Waals surface area contributed by atoms with Crippen LogP contribution < -0.4 is 11.1 Å². The minimum atomic E-state index is -1.86. The van der Waals surface area contributed by atoms with Crippen molar-refractivity contribution >= 4 is 39.0 Å². The van der Waals surface area contributed by atoms with E-state index in [9.17, 15) is 18.2 Å². The fourth-order valence-electron chi connectivity index (χ4n) is 2.27. The number of carbonyl (C=O) groups excluding carboxylic acids is 2. The number of nitrogens with zero attached hydrogens (tertiary/aromatic N) is 1. The molecule has 0 fully saturated rings. The number of thiophene rings is 1. The first-order chi connectivity index (χ1) is 12.9. The van der Waals surface area contributed by atoms with Gasteiger partial charge in [-0.1, -0.05) is 19.1 Å². The van der Waals surface area contributed by atoms with Crippen molar-refractivity contribution in [2.75, 3.05) is 5.32 Å². The van der Waals surface area contributed by atoms with Gasteiger partial charge >= 0.3 is 0 Å². The van der Waals surface area contributed by atoms with Gasteiger partial charge in [-0.15, -0.1) is 11.3 Å². The molecule has 4 N–H and O–H groups in total. The van der Waals surface area contributed by atoms with Crippen LogP contribution in [0.15, 0.2) is 45.5 Å². The van der Waals surface area contributed by atoms with Gasteiger partial charge in [-0.05, 0) is 30.7 Å². The summed E-state index contributed by atoms with van der Waals surface area (Å²) in [6.45, 7) is 1.91. The van der Waals surface area contributed by atoms with Crippen molar-refractivity contribution in [3.05, 3.63) is 59.2 Å². The molecule has 3 rings (SSSR count). The van der Waals surface area contributed by atoms with Gasteiger partial charge < -0.3 is 11.1 Å². The van der Waals surface area contributed by atoms with E-state index in [4.69, 9.17) is 5.73 Å². The zero-order chi connectivity index (χ0) is 19.6. The van der Waals surface area contributed by atoms with E-state index in [0.717, 1.165) is 17.0 Å². The number of hydrogen-bond acceptors (Lipinski definition) is 5. The van der Waals surface area contributed by atoms with Crippen molar-refractivity contribution in [2.24, 2.45) is 5.73 Å². The van der Waals surface area contributed by atoms with E-state index in [1.54, 1.807) is 12.1 Å². The molecule has 0 aliphatic carbocycles. The highest BCUT2D eigenvalue weighted by Crippen LogP contribution is 2.33. The quantitative estimate of drug-likeness (QED) is 0.583. The highest BCUT2D eigenvalue weighted by molar-refractivity contribution is 7.87. The number of aryl methyl sites for hydroxylation is 1. The summed E-state index contributed by atoms with van der Waals surface area (Å²) in [6, 6.07) is 8.52. The molecule has 0 radical (unpaired) electrons. The maximum atomic E-state index is 13.9. The molecule has 0 saturated heterocycles. The summed E-state index contributed by atoms with van der Waals surface area (Å²) in [7, 11) is -1.86. The number of benzene rings is 1. The third-order valence-corrected chi connectivity index (χ3v) is 6.43. The highest BCUT2D eigenvalue weighted by Gasteiger charge is 2.22. The molecule has 0 aliphatic heterocycles. The summed E-state index contributed by atoms with van der Waals surface area (Å²) >= 11 is 0.897. The topological polar surface area (TPSA) is 118 Å². The molecule has 2 amide bonds. The number of aromatic amines is 1. The predicted octanol–water partition coefficient (Wildman–Crippen LogP) is 2.69. The number of H-pyrrole nitrogens is 1. The molecule has 0 bridgehead atoms. The molecule has 0 aliphatic rings. The Bertz CT molecular complexity index is 1040. The van der Waals surface area contributed by atoms with Gasteiger partial charge in [-0.3, -0.25) is 14.7 Å². The number of aromatic nitrogens is 2. The van der Waals surface area contributed by atoms with Crippen molar-refractivity contribution in [2.45, 2.75) is 22.4 Å². The van der Waals surface area contributed by atoms with Gasteiger partial charge in [0.15, 0.2) is 5.69 Å². The fraction of sp³-hybridized carbons (Fsp3) is 0.118. The van der Waals surface area contributed by atoms with Crippen LogP contribution in [0.25, 0.3) is 0 Å². The standard InChI is InChI=1S/C17H15FN4O3S2/c1-2-9-7-12(22-21-9)16(24)20-17-10(15(19)23)8-14(26-17)27(25)13-6-4-3-5-11(13)18/h3-8H,2H2,1H3,(H2,19,23)(H,20,24)(H,21,22). The first kappa shape index (κ1) is 18.9. The van der Waals surface area contributed by atoms with Crippen molar-refractivity contribution < 1.29 is 18.2 Å². The Morgan fingerprint density at radius 2 is 2.07 bits per heavy atom. The molecular formula is C17H15FN4O3S2. The first-order valence-electron chi connectivity index (χ1n) is 7.86. The summed E-state index contributed by atoms with van der Waals surface area (Å²) in [6.07, 6.45) is 0.678. The third-order valence-electron chi connectivity index (χ3n) is 3.67. The molecule has 10 heteroatoms. The summed E-state index contributed by atoms with van der Waals surface area (Å²) < 4.78 is 26.7. The zero-order valence-corrected chi connectivity index (χ0v) is 15.7. The summed E-state index contributed by atoms with van der Waals surface area (Å²) in [5.74, 6) is -1.97. The lowest BCUT2D eigenvalue weighted by molar-refractivity contribution is 0.100. The van der Waals surface area contributed by atoms with Crippen LogP contribution in [0, 0.1) is 5.82 Å². The Hall–Kier alpha value is -2.85. The van der Waals surface area contributed by atoms with E-state index < -0.39 is 28.4 Å². The summed E-state index contributed by atoms with van der Waals surface area (Å²) in [5.41, 5.74) is 6.28. The number of halogens is 1. The van der Waals surface area contributed by atoms with Crippen LogP contribution in [-0.2, 0) is 17.2 Å². The van der Waals surface area contributed by atoms with Crippen molar-refractivity contribution in [1.29, 1.82) is 0 Å². The van der Waals surface area contributed by atoms with E-state index in [1.807, 2.05) is 6.92 Å². The van der Waals surface area contributed by atoms with Gasteiger partial charge in [0.1, 0.15) is 10.8 Å². The maximum Gasteiger partial charge on any atom is 0.276 e. The van der Waals surface area contributed by atoms with E-state index in [0.29, 0.717) is 6.42 Å². The van der Waals surface area contributed by atoms with Crippen LogP contribution in [0.5, 0.6) is 0 Å². The SMILES string of the molecule is CCc1cc(C(=O)Nc2sc(S(=O)c3ccccc3F)cc2C(N)=O)n[nH]1. The Balaban J connectivity index is 1.92. The average Bonchev–Trinajstić information content (AvgIpc) is 3.28. The molecule has 7 nitrogen and oxygen atoms in total. The maximum absolute atomic E-state index is 13.9. The van der Waals surface area contributed by atoms with Crippen molar-refractivity contribution in [1.82, 2.24) is 10.2 Å². The molecule has 1 atom stereocenters. The smallest absolute Gasteiger partial charge is 0.276 e. The predicted molar refractivity (Wildman–Crippen MR) is 99.8 cm³/mol. The average molecular weight is 406 g/mol. The Morgan fingerprint density at radius 1 is 1.33 bits per heavy atom. The van der Waals surface area contributed by atoms with E-state index in [1.165, 1.54) is 24.3 Å². The Labute approximate surface area is 160 Å². The molecule has 140 valence electrons. The molecule has 0 saturated carbocycles. The summed E-state index contributed by atoms with van der Waals surface area (Å²) in [5, 5.41) is 9.31. The molecule has 27 heavy (non-hydrogen) atoms. The van der Waals surface area contributed by atoms with Gasteiger partial charge in [-0.25, -0.2) is 8.60 Å². The zero-order valence-electron chi connectivity index (χ0n) is 14.1. The van der Waals surface area contributed by atoms with Gasteiger partial charge in [0, 0.05) is 5.69 Å². The largest absolute Gasteiger partial charge is 0.366 e. The van der Waals surface area contributed by atoms with Crippen molar-refractivity contribution in [3.63, 3.8) is 0 Å². The second-order valence-electron chi connectivity index (χ2n) is 5.46. The highest BCUT2D eigenvalue weighted by atomic mass is 32.2. The van der Waals surface area contributed by atoms with E-state index in [2.05, 4.69) is 15.5 Å². The Kier molecular flexibility index (Phi) is 5.47. The van der Waals surface area contributed by atoms with Crippen LogP contribution in [-0.4, -0.2) is 26.2 Å².